The standard InChI is InChI=1S/C9H19NO2S/c1-7-6-13-9(2,10-7)5-8(11-3)12-4/h7-8,10H,5-6H2,1-4H3. The smallest absolute Gasteiger partial charge is 0.159 e. The molecule has 0 saturated carbocycles. The molecule has 0 spiro atoms. The fourth-order valence-electron chi connectivity index (χ4n) is 1.61. The first-order chi connectivity index (χ1) is 6.09. The first-order valence-electron chi connectivity index (χ1n) is 4.57. The van der Waals surface area contributed by atoms with Crippen LogP contribution in [0.4, 0.5) is 0 Å². The van der Waals surface area contributed by atoms with E-state index in [9.17, 15) is 0 Å². The largest absolute Gasteiger partial charge is 0.356 e. The highest BCUT2D eigenvalue weighted by molar-refractivity contribution is 8.00. The van der Waals surface area contributed by atoms with Gasteiger partial charge in [0.2, 0.25) is 0 Å². The fourth-order valence-corrected chi connectivity index (χ4v) is 2.85. The molecule has 0 amide bonds. The molecule has 78 valence electrons. The Balaban J connectivity index is 2.42. The van der Waals surface area contributed by atoms with Crippen LogP contribution in [0.5, 0.6) is 0 Å². The molecule has 13 heavy (non-hydrogen) atoms. The quantitative estimate of drug-likeness (QED) is 0.703. The van der Waals surface area contributed by atoms with Crippen LogP contribution < -0.4 is 5.32 Å². The molecule has 3 nitrogen and oxygen atoms in total. The van der Waals surface area contributed by atoms with E-state index in [-0.39, 0.29) is 11.2 Å². The maximum Gasteiger partial charge on any atom is 0.159 e. The Bertz CT molecular complexity index is 164. The molecule has 2 unspecified atom stereocenters. The average molecular weight is 205 g/mol. The van der Waals surface area contributed by atoms with Crippen LogP contribution in [0.25, 0.3) is 0 Å². The SMILES string of the molecule is COC(CC1(C)NC(C)CS1)OC. The van der Waals surface area contributed by atoms with E-state index < -0.39 is 0 Å². The summed E-state index contributed by atoms with van der Waals surface area (Å²) in [6.07, 6.45) is 0.782. The van der Waals surface area contributed by atoms with E-state index in [1.165, 1.54) is 0 Å². The van der Waals surface area contributed by atoms with Gasteiger partial charge in [-0.1, -0.05) is 0 Å². The van der Waals surface area contributed by atoms with Crippen LogP contribution in [-0.4, -0.2) is 37.2 Å². The molecule has 1 aliphatic rings. The van der Waals surface area contributed by atoms with Gasteiger partial charge in [0.05, 0.1) is 4.87 Å². The lowest BCUT2D eigenvalue weighted by Gasteiger charge is -2.27. The highest BCUT2D eigenvalue weighted by atomic mass is 32.2. The highest BCUT2D eigenvalue weighted by Crippen LogP contribution is 2.34. The molecule has 0 aromatic heterocycles. The van der Waals surface area contributed by atoms with Crippen molar-refractivity contribution in [3.63, 3.8) is 0 Å². The van der Waals surface area contributed by atoms with Crippen molar-refractivity contribution in [2.45, 2.75) is 37.5 Å². The van der Waals surface area contributed by atoms with Crippen LogP contribution in [0.3, 0.4) is 0 Å². The molecule has 2 atom stereocenters. The van der Waals surface area contributed by atoms with Gasteiger partial charge in [0.1, 0.15) is 0 Å². The number of thioether (sulfide) groups is 1. The molecule has 0 aromatic rings. The normalized spacial score (nSPS) is 34.4. The van der Waals surface area contributed by atoms with E-state index in [1.54, 1.807) is 14.2 Å². The van der Waals surface area contributed by atoms with E-state index in [0.717, 1.165) is 12.2 Å². The Morgan fingerprint density at radius 1 is 1.54 bits per heavy atom. The molecule has 0 bridgehead atoms. The summed E-state index contributed by atoms with van der Waals surface area (Å²) in [6.45, 7) is 4.40. The fraction of sp³-hybridized carbons (Fsp3) is 1.00. The van der Waals surface area contributed by atoms with Gasteiger partial charge < -0.3 is 9.47 Å². The van der Waals surface area contributed by atoms with E-state index in [1.807, 2.05) is 11.8 Å². The van der Waals surface area contributed by atoms with Gasteiger partial charge in [0.15, 0.2) is 6.29 Å². The molecule has 1 saturated heterocycles. The van der Waals surface area contributed by atoms with Crippen LogP contribution in [0.1, 0.15) is 20.3 Å². The number of nitrogens with one attached hydrogen (secondary N) is 1. The number of rotatable bonds is 4. The van der Waals surface area contributed by atoms with Gasteiger partial charge in [0, 0.05) is 32.4 Å². The third-order valence-corrected chi connectivity index (χ3v) is 3.87. The molecular formula is C9H19NO2S. The summed E-state index contributed by atoms with van der Waals surface area (Å²) in [5, 5.41) is 3.53. The van der Waals surface area contributed by atoms with Gasteiger partial charge in [-0.3, -0.25) is 5.32 Å². The van der Waals surface area contributed by atoms with Crippen molar-refractivity contribution >= 4 is 11.8 Å². The van der Waals surface area contributed by atoms with Crippen LogP contribution in [0.15, 0.2) is 0 Å². The summed E-state index contributed by atoms with van der Waals surface area (Å²) >= 11 is 1.94. The molecular weight excluding hydrogens is 186 g/mol. The number of methoxy groups -OCH3 is 2. The van der Waals surface area contributed by atoms with Crippen LogP contribution in [-0.2, 0) is 9.47 Å². The third kappa shape index (κ3) is 3.13. The highest BCUT2D eigenvalue weighted by Gasteiger charge is 2.35. The van der Waals surface area contributed by atoms with Crippen molar-refractivity contribution in [1.29, 1.82) is 0 Å². The van der Waals surface area contributed by atoms with Gasteiger partial charge in [-0.2, -0.15) is 0 Å². The molecule has 1 rings (SSSR count). The zero-order valence-corrected chi connectivity index (χ0v) is 9.61. The number of hydrogen-bond donors (Lipinski definition) is 1. The predicted molar refractivity (Wildman–Crippen MR) is 55.9 cm³/mol. The van der Waals surface area contributed by atoms with Crippen LogP contribution >= 0.6 is 11.8 Å². The monoisotopic (exact) mass is 205 g/mol. The molecule has 0 radical (unpaired) electrons. The maximum absolute atomic E-state index is 5.19. The summed E-state index contributed by atoms with van der Waals surface area (Å²) in [4.78, 5) is 0.107. The summed E-state index contributed by atoms with van der Waals surface area (Å²) in [5.74, 6) is 1.16. The zero-order valence-electron chi connectivity index (χ0n) is 8.79. The van der Waals surface area contributed by atoms with Gasteiger partial charge in [-0.25, -0.2) is 0 Å². The maximum atomic E-state index is 5.19. The van der Waals surface area contributed by atoms with Crippen molar-refractivity contribution in [3.8, 4) is 0 Å². The summed E-state index contributed by atoms with van der Waals surface area (Å²) in [6, 6.07) is 0.587. The van der Waals surface area contributed by atoms with Gasteiger partial charge in [-0.15, -0.1) is 11.8 Å². The van der Waals surface area contributed by atoms with Crippen molar-refractivity contribution in [2.24, 2.45) is 0 Å². The van der Waals surface area contributed by atoms with E-state index in [2.05, 4.69) is 19.2 Å². The second-order valence-corrected chi connectivity index (χ2v) is 5.22. The number of ether oxygens (including phenoxy) is 2. The lowest BCUT2D eigenvalue weighted by molar-refractivity contribution is -0.111. The van der Waals surface area contributed by atoms with Crippen molar-refractivity contribution in [3.05, 3.63) is 0 Å². The second kappa shape index (κ2) is 4.64. The lowest BCUT2D eigenvalue weighted by Crippen LogP contribution is -2.41. The first kappa shape index (κ1) is 11.3. The van der Waals surface area contributed by atoms with Gasteiger partial charge >= 0.3 is 0 Å². The first-order valence-corrected chi connectivity index (χ1v) is 5.55. The Labute approximate surface area is 84.6 Å². The minimum Gasteiger partial charge on any atom is -0.356 e. The molecule has 1 heterocycles. The molecule has 1 N–H and O–H groups in total. The lowest BCUT2D eigenvalue weighted by atomic mass is 10.2. The topological polar surface area (TPSA) is 30.5 Å². The molecule has 1 fully saturated rings. The summed E-state index contributed by atoms with van der Waals surface area (Å²) in [5.41, 5.74) is 0. The number of hydrogen-bond acceptors (Lipinski definition) is 4. The van der Waals surface area contributed by atoms with Gasteiger partial charge in [0.25, 0.3) is 0 Å². The molecule has 0 aromatic carbocycles. The second-order valence-electron chi connectivity index (χ2n) is 3.69. The predicted octanol–water partition coefficient (Wildman–Crippen LogP) is 1.44. The van der Waals surface area contributed by atoms with Crippen LogP contribution in [0.2, 0.25) is 0 Å². The zero-order chi connectivity index (χ0) is 9.90. The minimum absolute atomic E-state index is 0.102. The van der Waals surface area contributed by atoms with Crippen molar-refractivity contribution in [2.75, 3.05) is 20.0 Å². The van der Waals surface area contributed by atoms with E-state index in [0.29, 0.717) is 6.04 Å². The summed E-state index contributed by atoms with van der Waals surface area (Å²) < 4.78 is 10.4. The molecule has 4 heteroatoms. The van der Waals surface area contributed by atoms with Crippen LogP contribution in [0, 0.1) is 0 Å². The van der Waals surface area contributed by atoms with E-state index >= 15 is 0 Å². The molecule has 0 aliphatic carbocycles. The average Bonchev–Trinajstić information content (AvgIpc) is 2.43. The van der Waals surface area contributed by atoms with E-state index in [4.69, 9.17) is 9.47 Å². The molecule has 1 aliphatic heterocycles. The van der Waals surface area contributed by atoms with Crippen molar-refractivity contribution < 1.29 is 9.47 Å². The minimum atomic E-state index is -0.102. The van der Waals surface area contributed by atoms with Crippen molar-refractivity contribution in [1.82, 2.24) is 5.32 Å². The van der Waals surface area contributed by atoms with Gasteiger partial charge in [-0.05, 0) is 13.8 Å². The Morgan fingerprint density at radius 2 is 2.15 bits per heavy atom. The Kier molecular flexibility index (Phi) is 4.04. The Morgan fingerprint density at radius 3 is 2.54 bits per heavy atom. The third-order valence-electron chi connectivity index (χ3n) is 2.29. The Hall–Kier alpha value is 0.230. The summed E-state index contributed by atoms with van der Waals surface area (Å²) in [7, 11) is 3.36.